The van der Waals surface area contributed by atoms with Crippen molar-refractivity contribution < 1.29 is 14.7 Å². The van der Waals surface area contributed by atoms with Crippen molar-refractivity contribution >= 4 is 27.7 Å². The highest BCUT2D eigenvalue weighted by atomic mass is 79.9. The highest BCUT2D eigenvalue weighted by Gasteiger charge is 2.62. The van der Waals surface area contributed by atoms with E-state index in [1.807, 2.05) is 12.2 Å². The Morgan fingerprint density at radius 1 is 1.17 bits per heavy atom. The average Bonchev–Trinajstić information content (AvgIpc) is 2.78. The van der Waals surface area contributed by atoms with Gasteiger partial charge < -0.3 is 5.11 Å². The van der Waals surface area contributed by atoms with Crippen LogP contribution in [-0.4, -0.2) is 33.0 Å². The molecule has 1 fully saturated rings. The van der Waals surface area contributed by atoms with Gasteiger partial charge in [-0.05, 0) is 25.5 Å². The molecule has 3 aliphatic rings. The minimum absolute atomic E-state index is 0.0150. The molecule has 1 heterocycles. The van der Waals surface area contributed by atoms with Gasteiger partial charge in [0.05, 0.1) is 22.3 Å². The van der Waals surface area contributed by atoms with Gasteiger partial charge in [0.2, 0.25) is 0 Å². The maximum Gasteiger partial charge on any atom is 0.262 e. The predicted molar refractivity (Wildman–Crippen MR) is 93.8 cm³/mol. The molecule has 1 aromatic carbocycles. The van der Waals surface area contributed by atoms with E-state index in [0.29, 0.717) is 24.0 Å². The first-order chi connectivity index (χ1) is 11.3. The van der Waals surface area contributed by atoms with E-state index in [2.05, 4.69) is 22.0 Å². The van der Waals surface area contributed by atoms with Crippen LogP contribution in [0.25, 0.3) is 0 Å². The smallest absolute Gasteiger partial charge is 0.262 e. The van der Waals surface area contributed by atoms with Crippen LogP contribution in [0.1, 0.15) is 46.9 Å². The molecule has 0 aromatic heterocycles. The van der Waals surface area contributed by atoms with E-state index < -0.39 is 11.1 Å². The topological polar surface area (TPSA) is 57.6 Å². The molecular formula is C19H18BrNO3. The van der Waals surface area contributed by atoms with Gasteiger partial charge in [0.15, 0.2) is 0 Å². The van der Waals surface area contributed by atoms with Crippen LogP contribution >= 0.6 is 15.9 Å². The highest BCUT2D eigenvalue weighted by Crippen LogP contribution is 2.54. The number of hydrogen-bond donors (Lipinski definition) is 1. The molecule has 1 aromatic rings. The zero-order valence-corrected chi connectivity index (χ0v) is 14.9. The Hall–Kier alpha value is -1.72. The number of aliphatic hydroxyl groups is 1. The molecule has 1 atom stereocenters. The number of allylic oxidation sites excluding steroid dienone is 3. The molecule has 0 bridgehead atoms. The van der Waals surface area contributed by atoms with E-state index in [9.17, 15) is 14.7 Å². The van der Waals surface area contributed by atoms with Gasteiger partial charge in [-0.1, -0.05) is 46.3 Å². The van der Waals surface area contributed by atoms with Crippen LogP contribution in [0.2, 0.25) is 0 Å². The Morgan fingerprint density at radius 2 is 1.75 bits per heavy atom. The molecule has 1 saturated carbocycles. The number of amides is 2. The van der Waals surface area contributed by atoms with Gasteiger partial charge in [0.25, 0.3) is 11.8 Å². The minimum Gasteiger partial charge on any atom is -0.390 e. The Balaban J connectivity index is 1.76. The van der Waals surface area contributed by atoms with E-state index in [4.69, 9.17) is 0 Å². The molecule has 2 amide bonds. The lowest BCUT2D eigenvalue weighted by Crippen LogP contribution is -2.69. The summed E-state index contributed by atoms with van der Waals surface area (Å²) >= 11 is 3.45. The SMILES string of the molecule is CC1(O)CC(C2C=CC(Br)=CC2)(N2C(=O)c3ccccc3C2=O)C1. The van der Waals surface area contributed by atoms with Crippen LogP contribution in [0.15, 0.2) is 47.0 Å². The average molecular weight is 388 g/mol. The van der Waals surface area contributed by atoms with Crippen molar-refractivity contribution in [1.82, 2.24) is 4.90 Å². The van der Waals surface area contributed by atoms with Crippen molar-refractivity contribution in [2.24, 2.45) is 5.92 Å². The summed E-state index contributed by atoms with van der Waals surface area (Å²) in [7, 11) is 0. The second-order valence-corrected chi connectivity index (χ2v) is 8.15. The van der Waals surface area contributed by atoms with Crippen molar-refractivity contribution in [3.63, 3.8) is 0 Å². The molecule has 0 radical (unpaired) electrons. The van der Waals surface area contributed by atoms with E-state index in [1.54, 1.807) is 31.2 Å². The summed E-state index contributed by atoms with van der Waals surface area (Å²) in [6.07, 6.45) is 7.61. The molecule has 4 nitrogen and oxygen atoms in total. The third-order valence-electron chi connectivity index (χ3n) is 5.36. The Morgan fingerprint density at radius 3 is 2.21 bits per heavy atom. The van der Waals surface area contributed by atoms with Gasteiger partial charge in [0, 0.05) is 23.2 Å². The molecule has 4 rings (SSSR count). The summed E-state index contributed by atoms with van der Waals surface area (Å²) in [6.45, 7) is 1.77. The number of hydrogen-bond acceptors (Lipinski definition) is 3. The van der Waals surface area contributed by atoms with Crippen LogP contribution in [0.4, 0.5) is 0 Å². The Bertz CT molecular complexity index is 766. The van der Waals surface area contributed by atoms with Gasteiger partial charge in [-0.2, -0.15) is 0 Å². The molecule has 124 valence electrons. The van der Waals surface area contributed by atoms with Gasteiger partial charge in [-0.3, -0.25) is 14.5 Å². The lowest BCUT2D eigenvalue weighted by molar-refractivity contribution is -0.130. The van der Waals surface area contributed by atoms with E-state index >= 15 is 0 Å². The quantitative estimate of drug-likeness (QED) is 0.790. The zero-order valence-electron chi connectivity index (χ0n) is 13.3. The van der Waals surface area contributed by atoms with E-state index in [1.165, 1.54) is 4.90 Å². The largest absolute Gasteiger partial charge is 0.390 e. The predicted octanol–water partition coefficient (Wildman–Crippen LogP) is 3.42. The Labute approximate surface area is 149 Å². The molecule has 1 unspecified atom stereocenters. The fraction of sp³-hybridized carbons (Fsp3) is 0.368. The number of rotatable bonds is 2. The molecule has 24 heavy (non-hydrogen) atoms. The number of imide groups is 1. The number of benzene rings is 1. The zero-order chi connectivity index (χ0) is 17.1. The summed E-state index contributed by atoms with van der Waals surface area (Å²) < 4.78 is 1.00. The number of nitrogens with zero attached hydrogens (tertiary/aromatic N) is 1. The third kappa shape index (κ3) is 2.15. The first-order valence-electron chi connectivity index (χ1n) is 8.08. The summed E-state index contributed by atoms with van der Waals surface area (Å²) in [4.78, 5) is 27.3. The molecule has 0 saturated heterocycles. The first kappa shape index (κ1) is 15.8. The summed E-state index contributed by atoms with van der Waals surface area (Å²) in [5, 5.41) is 10.4. The van der Waals surface area contributed by atoms with Gasteiger partial charge >= 0.3 is 0 Å². The van der Waals surface area contributed by atoms with Gasteiger partial charge in [-0.15, -0.1) is 0 Å². The second-order valence-electron chi connectivity index (χ2n) is 7.24. The normalized spacial score (nSPS) is 34.9. The van der Waals surface area contributed by atoms with Crippen LogP contribution in [0.5, 0.6) is 0 Å². The number of carbonyl (C=O) groups is 2. The fourth-order valence-corrected chi connectivity index (χ4v) is 4.78. The number of halogens is 1. The molecule has 5 heteroatoms. The molecule has 1 aliphatic heterocycles. The molecule has 0 spiro atoms. The monoisotopic (exact) mass is 387 g/mol. The molecule has 2 aliphatic carbocycles. The number of carbonyl (C=O) groups excluding carboxylic acids is 2. The number of fused-ring (bicyclic) bond motifs is 1. The van der Waals surface area contributed by atoms with Crippen LogP contribution in [0.3, 0.4) is 0 Å². The minimum atomic E-state index is -0.846. The van der Waals surface area contributed by atoms with Crippen LogP contribution < -0.4 is 0 Å². The standard InChI is InChI=1S/C19H18BrNO3/c1-18(24)10-19(11-18,12-6-8-13(20)9-7-12)21-16(22)14-4-2-3-5-15(14)17(21)23/h2-6,8-9,12,24H,7,10-11H2,1H3. The van der Waals surface area contributed by atoms with Crippen molar-refractivity contribution in [2.45, 2.75) is 37.3 Å². The van der Waals surface area contributed by atoms with Crippen LogP contribution in [-0.2, 0) is 0 Å². The van der Waals surface area contributed by atoms with E-state index in [-0.39, 0.29) is 17.7 Å². The van der Waals surface area contributed by atoms with E-state index in [0.717, 1.165) is 10.9 Å². The lowest BCUT2D eigenvalue weighted by atomic mass is 9.57. The van der Waals surface area contributed by atoms with Crippen molar-refractivity contribution in [1.29, 1.82) is 0 Å². The fourth-order valence-electron chi connectivity index (χ4n) is 4.44. The van der Waals surface area contributed by atoms with Gasteiger partial charge in [0.1, 0.15) is 0 Å². The maximum absolute atomic E-state index is 12.9. The lowest BCUT2D eigenvalue weighted by Gasteiger charge is -2.58. The summed E-state index contributed by atoms with van der Waals surface area (Å²) in [5.74, 6) is -0.470. The first-order valence-corrected chi connectivity index (χ1v) is 8.88. The molecule has 1 N–H and O–H groups in total. The summed E-state index contributed by atoms with van der Waals surface area (Å²) in [5.41, 5.74) is -0.575. The van der Waals surface area contributed by atoms with Gasteiger partial charge in [-0.25, -0.2) is 0 Å². The van der Waals surface area contributed by atoms with Crippen molar-refractivity contribution in [3.8, 4) is 0 Å². The Kier molecular flexibility index (Phi) is 3.38. The van der Waals surface area contributed by atoms with Crippen molar-refractivity contribution in [3.05, 3.63) is 58.1 Å². The maximum atomic E-state index is 12.9. The van der Waals surface area contributed by atoms with Crippen LogP contribution in [0, 0.1) is 5.92 Å². The highest BCUT2D eigenvalue weighted by molar-refractivity contribution is 9.11. The second kappa shape index (κ2) is 5.14. The molecular weight excluding hydrogens is 370 g/mol. The van der Waals surface area contributed by atoms with Crippen molar-refractivity contribution in [2.75, 3.05) is 0 Å². The summed E-state index contributed by atoms with van der Waals surface area (Å²) in [6, 6.07) is 6.95. The third-order valence-corrected chi connectivity index (χ3v) is 5.95.